The molecule has 1 aliphatic heterocycles. The van der Waals surface area contributed by atoms with Crippen LogP contribution in [0.15, 0.2) is 0 Å². The number of nitrogens with one attached hydrogen (secondary N) is 1. The maximum absolute atomic E-state index is 12.0. The summed E-state index contributed by atoms with van der Waals surface area (Å²) in [6, 6.07) is 0.0206. The van der Waals surface area contributed by atoms with Crippen molar-refractivity contribution in [1.82, 2.24) is 5.32 Å². The predicted octanol–water partition coefficient (Wildman–Crippen LogP) is 0.0355. The summed E-state index contributed by atoms with van der Waals surface area (Å²) in [5, 5.41) is 2.93. The van der Waals surface area contributed by atoms with Gasteiger partial charge in [0.15, 0.2) is 0 Å². The van der Waals surface area contributed by atoms with Crippen LogP contribution in [0.2, 0.25) is 0 Å². The van der Waals surface area contributed by atoms with Gasteiger partial charge in [0.05, 0.1) is 31.8 Å². The first-order chi connectivity index (χ1) is 8.27. The second-order valence-corrected chi connectivity index (χ2v) is 4.87. The molecule has 5 heteroatoms. The fourth-order valence-electron chi connectivity index (χ4n) is 2.49. The zero-order valence-corrected chi connectivity index (χ0v) is 10.2. The molecular weight excluding hydrogens is 220 g/mol. The third-order valence-electron chi connectivity index (χ3n) is 3.55. The molecule has 1 saturated heterocycles. The Morgan fingerprint density at radius 3 is 2.82 bits per heavy atom. The summed E-state index contributed by atoms with van der Waals surface area (Å²) >= 11 is 0. The Morgan fingerprint density at radius 1 is 1.29 bits per heavy atom. The lowest BCUT2D eigenvalue weighted by molar-refractivity contribution is -0.129. The minimum Gasteiger partial charge on any atom is -0.376 e. The molecule has 3 atom stereocenters. The van der Waals surface area contributed by atoms with E-state index in [1.807, 2.05) is 0 Å². The molecule has 0 radical (unpaired) electrons. The Bertz CT molecular complexity index is 254. The first-order valence-electron chi connectivity index (χ1n) is 6.50. The molecule has 1 saturated carbocycles. The molecule has 98 valence electrons. The van der Waals surface area contributed by atoms with Crippen LogP contribution in [0.5, 0.6) is 0 Å². The molecular formula is C12H22N2O3. The second-order valence-electron chi connectivity index (χ2n) is 4.87. The molecule has 0 aromatic heterocycles. The van der Waals surface area contributed by atoms with E-state index in [0.717, 1.165) is 25.7 Å². The SMILES string of the molecule is NC1CCCCC1C(=O)NCC1COCCO1. The summed E-state index contributed by atoms with van der Waals surface area (Å²) in [7, 11) is 0. The Morgan fingerprint density at radius 2 is 2.12 bits per heavy atom. The van der Waals surface area contributed by atoms with Crippen LogP contribution < -0.4 is 11.1 Å². The van der Waals surface area contributed by atoms with Gasteiger partial charge in [-0.25, -0.2) is 0 Å². The van der Waals surface area contributed by atoms with Crippen molar-refractivity contribution in [3.63, 3.8) is 0 Å². The Hall–Kier alpha value is -0.650. The fourth-order valence-corrected chi connectivity index (χ4v) is 2.49. The minimum atomic E-state index is -0.0201. The first-order valence-corrected chi connectivity index (χ1v) is 6.50. The van der Waals surface area contributed by atoms with Crippen molar-refractivity contribution in [1.29, 1.82) is 0 Å². The number of hydrogen-bond acceptors (Lipinski definition) is 4. The number of ether oxygens (including phenoxy) is 2. The molecule has 2 fully saturated rings. The lowest BCUT2D eigenvalue weighted by Gasteiger charge is -2.29. The summed E-state index contributed by atoms with van der Waals surface area (Å²) in [5.74, 6) is 0.0552. The smallest absolute Gasteiger partial charge is 0.224 e. The molecule has 2 aliphatic rings. The van der Waals surface area contributed by atoms with E-state index in [2.05, 4.69) is 5.32 Å². The van der Waals surface area contributed by atoms with Crippen LogP contribution in [0, 0.1) is 5.92 Å². The van der Waals surface area contributed by atoms with E-state index in [9.17, 15) is 4.79 Å². The van der Waals surface area contributed by atoms with Crippen LogP contribution in [0.3, 0.4) is 0 Å². The van der Waals surface area contributed by atoms with Gasteiger partial charge >= 0.3 is 0 Å². The highest BCUT2D eigenvalue weighted by molar-refractivity contribution is 5.79. The van der Waals surface area contributed by atoms with Crippen molar-refractivity contribution in [3.05, 3.63) is 0 Å². The third kappa shape index (κ3) is 3.66. The molecule has 3 N–H and O–H groups in total. The number of nitrogens with two attached hydrogens (primary N) is 1. The maximum atomic E-state index is 12.0. The van der Waals surface area contributed by atoms with Gasteiger partial charge in [-0.05, 0) is 12.8 Å². The molecule has 1 amide bonds. The number of rotatable bonds is 3. The van der Waals surface area contributed by atoms with E-state index in [1.165, 1.54) is 0 Å². The average molecular weight is 242 g/mol. The monoisotopic (exact) mass is 242 g/mol. The molecule has 0 bridgehead atoms. The molecule has 3 unspecified atom stereocenters. The standard InChI is InChI=1S/C12H22N2O3/c13-11-4-2-1-3-10(11)12(15)14-7-9-8-16-5-6-17-9/h9-11H,1-8,13H2,(H,14,15). The van der Waals surface area contributed by atoms with Crippen LogP contribution in [0.25, 0.3) is 0 Å². The fraction of sp³-hybridized carbons (Fsp3) is 0.917. The third-order valence-corrected chi connectivity index (χ3v) is 3.55. The summed E-state index contributed by atoms with van der Waals surface area (Å²) in [4.78, 5) is 12.0. The van der Waals surface area contributed by atoms with Crippen molar-refractivity contribution in [3.8, 4) is 0 Å². The maximum Gasteiger partial charge on any atom is 0.224 e. The number of carbonyl (C=O) groups is 1. The zero-order chi connectivity index (χ0) is 12.1. The van der Waals surface area contributed by atoms with Crippen molar-refractivity contribution < 1.29 is 14.3 Å². The highest BCUT2D eigenvalue weighted by Gasteiger charge is 2.28. The Labute approximate surface area is 102 Å². The van der Waals surface area contributed by atoms with Gasteiger partial charge in [0.1, 0.15) is 0 Å². The van der Waals surface area contributed by atoms with Crippen molar-refractivity contribution in [2.24, 2.45) is 11.7 Å². The number of hydrogen-bond donors (Lipinski definition) is 2. The van der Waals surface area contributed by atoms with Gasteiger partial charge in [-0.2, -0.15) is 0 Å². The summed E-state index contributed by atoms with van der Waals surface area (Å²) in [6.45, 7) is 2.36. The van der Waals surface area contributed by atoms with Crippen molar-refractivity contribution >= 4 is 5.91 Å². The van der Waals surface area contributed by atoms with E-state index in [1.54, 1.807) is 0 Å². The van der Waals surface area contributed by atoms with Gasteiger partial charge in [0.25, 0.3) is 0 Å². The second kappa shape index (κ2) is 6.33. The van der Waals surface area contributed by atoms with Crippen LogP contribution in [0.1, 0.15) is 25.7 Å². The van der Waals surface area contributed by atoms with Crippen LogP contribution in [-0.4, -0.2) is 44.4 Å². The van der Waals surface area contributed by atoms with Gasteiger partial charge in [0, 0.05) is 12.6 Å². The van der Waals surface area contributed by atoms with E-state index < -0.39 is 0 Å². The zero-order valence-electron chi connectivity index (χ0n) is 10.2. The van der Waals surface area contributed by atoms with Gasteiger partial charge < -0.3 is 20.5 Å². The van der Waals surface area contributed by atoms with E-state index in [4.69, 9.17) is 15.2 Å². The normalized spacial score (nSPS) is 34.3. The van der Waals surface area contributed by atoms with Crippen LogP contribution >= 0.6 is 0 Å². The first kappa shape index (κ1) is 12.8. The van der Waals surface area contributed by atoms with Crippen LogP contribution in [-0.2, 0) is 14.3 Å². The largest absolute Gasteiger partial charge is 0.376 e. The Balaban J connectivity index is 1.72. The lowest BCUT2D eigenvalue weighted by Crippen LogP contribution is -2.47. The highest BCUT2D eigenvalue weighted by atomic mass is 16.6. The highest BCUT2D eigenvalue weighted by Crippen LogP contribution is 2.22. The summed E-state index contributed by atoms with van der Waals surface area (Å²) in [6.07, 6.45) is 4.11. The quantitative estimate of drug-likeness (QED) is 0.732. The molecule has 2 rings (SSSR count). The Kier molecular flexibility index (Phi) is 4.76. The molecule has 17 heavy (non-hydrogen) atoms. The molecule has 0 aromatic rings. The van der Waals surface area contributed by atoms with E-state index in [-0.39, 0.29) is 24.0 Å². The van der Waals surface area contributed by atoms with Gasteiger partial charge in [-0.1, -0.05) is 12.8 Å². The molecule has 1 aliphatic carbocycles. The minimum absolute atomic E-state index is 0.00693. The van der Waals surface area contributed by atoms with Gasteiger partial charge in [-0.15, -0.1) is 0 Å². The lowest BCUT2D eigenvalue weighted by atomic mass is 9.84. The molecule has 1 heterocycles. The van der Waals surface area contributed by atoms with Gasteiger partial charge in [-0.3, -0.25) is 4.79 Å². The predicted molar refractivity (Wildman–Crippen MR) is 63.5 cm³/mol. The molecule has 5 nitrogen and oxygen atoms in total. The summed E-state index contributed by atoms with van der Waals surface area (Å²) in [5.41, 5.74) is 5.97. The molecule has 0 spiro atoms. The molecule has 0 aromatic carbocycles. The van der Waals surface area contributed by atoms with E-state index >= 15 is 0 Å². The van der Waals surface area contributed by atoms with Crippen LogP contribution in [0.4, 0.5) is 0 Å². The number of amides is 1. The summed E-state index contributed by atoms with van der Waals surface area (Å²) < 4.78 is 10.8. The topological polar surface area (TPSA) is 73.6 Å². The van der Waals surface area contributed by atoms with Gasteiger partial charge in [0.2, 0.25) is 5.91 Å². The van der Waals surface area contributed by atoms with Crippen molar-refractivity contribution in [2.75, 3.05) is 26.4 Å². The van der Waals surface area contributed by atoms with E-state index in [0.29, 0.717) is 26.4 Å². The average Bonchev–Trinajstić information content (AvgIpc) is 2.38. The number of carbonyl (C=O) groups excluding carboxylic acids is 1. The van der Waals surface area contributed by atoms with Crippen molar-refractivity contribution in [2.45, 2.75) is 37.8 Å².